The van der Waals surface area contributed by atoms with E-state index in [-0.39, 0.29) is 0 Å². The fraction of sp³-hybridized carbons (Fsp3) is 0.286. The molecule has 0 bridgehead atoms. The van der Waals surface area contributed by atoms with E-state index in [0.29, 0.717) is 10.8 Å². The summed E-state index contributed by atoms with van der Waals surface area (Å²) in [4.78, 5) is 3.92. The van der Waals surface area contributed by atoms with E-state index in [2.05, 4.69) is 4.98 Å². The Kier molecular flexibility index (Phi) is 2.62. The largest absolute Gasteiger partial charge is 0.383 e. The molecule has 11 heavy (non-hydrogen) atoms. The lowest BCUT2D eigenvalue weighted by molar-refractivity contribution is 0.224. The van der Waals surface area contributed by atoms with Crippen LogP contribution in [0, 0.1) is 0 Å². The van der Waals surface area contributed by atoms with Gasteiger partial charge in [-0.15, -0.1) is 11.3 Å². The van der Waals surface area contributed by atoms with Gasteiger partial charge in [0.2, 0.25) is 0 Å². The zero-order valence-corrected chi connectivity index (χ0v) is 7.01. The Balaban J connectivity index is 2.76. The fourth-order valence-electron chi connectivity index (χ4n) is 0.717. The van der Waals surface area contributed by atoms with Crippen molar-refractivity contribution in [1.29, 1.82) is 0 Å². The van der Waals surface area contributed by atoms with E-state index in [1.54, 1.807) is 17.5 Å². The summed E-state index contributed by atoms with van der Waals surface area (Å²) in [5, 5.41) is 11.6. The molecule has 1 unspecified atom stereocenters. The first kappa shape index (κ1) is 8.23. The van der Waals surface area contributed by atoms with Gasteiger partial charge in [0, 0.05) is 5.38 Å². The van der Waals surface area contributed by atoms with Crippen molar-refractivity contribution in [3.05, 3.63) is 23.2 Å². The highest BCUT2D eigenvalue weighted by Crippen LogP contribution is 2.18. The molecule has 1 rings (SSSR count). The molecule has 0 saturated carbocycles. The molecule has 0 amide bonds. The molecule has 0 radical (unpaired) electrons. The van der Waals surface area contributed by atoms with E-state index in [0.717, 1.165) is 0 Å². The van der Waals surface area contributed by atoms with Crippen LogP contribution in [0.15, 0.2) is 17.5 Å². The predicted molar refractivity (Wildman–Crippen MR) is 46.3 cm³/mol. The number of aliphatic hydroxyl groups excluding tert-OH is 1. The van der Waals surface area contributed by atoms with Crippen molar-refractivity contribution in [3.63, 3.8) is 0 Å². The smallest absolute Gasteiger partial charge is 0.180 e. The molecule has 1 aromatic rings. The highest BCUT2D eigenvalue weighted by molar-refractivity contribution is 7.13. The monoisotopic (exact) mass is 170 g/mol. The number of aliphatic hydroxyl groups is 1. The van der Waals surface area contributed by atoms with Crippen LogP contribution in [-0.4, -0.2) is 10.1 Å². The van der Waals surface area contributed by atoms with Crippen LogP contribution in [0.1, 0.15) is 18.7 Å². The summed E-state index contributed by atoms with van der Waals surface area (Å²) in [7, 11) is 0. The van der Waals surface area contributed by atoms with Crippen LogP contribution in [-0.2, 0) is 0 Å². The lowest BCUT2D eigenvalue weighted by Crippen LogP contribution is -1.93. The van der Waals surface area contributed by atoms with Crippen molar-refractivity contribution < 1.29 is 5.11 Å². The van der Waals surface area contributed by atoms with Gasteiger partial charge in [-0.05, 0) is 6.92 Å². The highest BCUT2D eigenvalue weighted by atomic mass is 32.1. The Hall–Kier alpha value is -0.870. The number of anilines is 1. The van der Waals surface area contributed by atoms with Crippen LogP contribution in [0.4, 0.5) is 5.13 Å². The molecule has 0 fully saturated rings. The molecule has 0 aliphatic heterocycles. The predicted octanol–water partition coefficient (Wildman–Crippen LogP) is 1.33. The van der Waals surface area contributed by atoms with Crippen LogP contribution >= 0.6 is 11.3 Å². The molecule has 60 valence electrons. The van der Waals surface area contributed by atoms with Gasteiger partial charge in [-0.2, -0.15) is 0 Å². The topological polar surface area (TPSA) is 59.1 Å². The minimum absolute atomic E-state index is 0.489. The van der Waals surface area contributed by atoms with Crippen LogP contribution in [0.3, 0.4) is 0 Å². The van der Waals surface area contributed by atoms with E-state index < -0.39 is 6.10 Å². The summed E-state index contributed by atoms with van der Waals surface area (Å²) in [5.41, 5.74) is 6.00. The van der Waals surface area contributed by atoms with Gasteiger partial charge in [0.25, 0.3) is 0 Å². The number of hydrogen-bond acceptors (Lipinski definition) is 4. The Bertz CT molecular complexity index is 257. The molecule has 0 saturated heterocycles. The third kappa shape index (κ3) is 2.03. The van der Waals surface area contributed by atoms with Crippen molar-refractivity contribution >= 4 is 16.5 Å². The maximum Gasteiger partial charge on any atom is 0.180 e. The second-order valence-corrected chi connectivity index (χ2v) is 2.97. The Morgan fingerprint density at radius 3 is 3.00 bits per heavy atom. The number of aromatic nitrogens is 1. The molecule has 0 aromatic carbocycles. The van der Waals surface area contributed by atoms with Gasteiger partial charge in [-0.25, -0.2) is 4.98 Å². The molecule has 0 aliphatic carbocycles. The van der Waals surface area contributed by atoms with Crippen molar-refractivity contribution in [1.82, 2.24) is 4.98 Å². The first-order valence-electron chi connectivity index (χ1n) is 3.26. The summed E-state index contributed by atoms with van der Waals surface area (Å²) < 4.78 is 0. The molecule has 1 atom stereocenters. The molecule has 0 spiro atoms. The average Bonchev–Trinajstić information content (AvgIpc) is 2.36. The summed E-state index contributed by atoms with van der Waals surface area (Å²) >= 11 is 1.33. The van der Waals surface area contributed by atoms with Crippen LogP contribution in [0.25, 0.3) is 0 Å². The standard InChI is InChI=1S/C7H10N2OS/c1-2-3-6(10)5-4-11-7(8)9-5/h2-4,6,10H,1H3,(H2,8,9)/b3-2+. The number of hydrogen-bond donors (Lipinski definition) is 2. The number of nitrogens with two attached hydrogens (primary N) is 1. The van der Waals surface area contributed by atoms with Gasteiger partial charge in [0.05, 0.1) is 5.69 Å². The molecule has 1 aromatic heterocycles. The van der Waals surface area contributed by atoms with Crippen molar-refractivity contribution in [2.45, 2.75) is 13.0 Å². The van der Waals surface area contributed by atoms with Gasteiger partial charge < -0.3 is 10.8 Å². The summed E-state index contributed by atoms with van der Waals surface area (Å²) in [6.07, 6.45) is 2.82. The molecular weight excluding hydrogens is 160 g/mol. The summed E-state index contributed by atoms with van der Waals surface area (Å²) in [6, 6.07) is 0. The third-order valence-corrected chi connectivity index (χ3v) is 1.91. The maximum absolute atomic E-state index is 9.34. The molecule has 1 heterocycles. The summed E-state index contributed by atoms with van der Waals surface area (Å²) in [6.45, 7) is 1.85. The second kappa shape index (κ2) is 3.50. The Morgan fingerprint density at radius 1 is 1.82 bits per heavy atom. The minimum Gasteiger partial charge on any atom is -0.383 e. The fourth-order valence-corrected chi connectivity index (χ4v) is 1.31. The minimum atomic E-state index is -0.617. The van der Waals surface area contributed by atoms with Crippen LogP contribution < -0.4 is 5.73 Å². The van der Waals surface area contributed by atoms with Crippen LogP contribution in [0.2, 0.25) is 0 Å². The van der Waals surface area contributed by atoms with Crippen molar-refractivity contribution in [2.24, 2.45) is 0 Å². The van der Waals surface area contributed by atoms with Crippen molar-refractivity contribution in [3.8, 4) is 0 Å². The number of thiazole rings is 1. The zero-order valence-electron chi connectivity index (χ0n) is 6.19. The van der Waals surface area contributed by atoms with Gasteiger partial charge >= 0.3 is 0 Å². The highest BCUT2D eigenvalue weighted by Gasteiger charge is 2.05. The average molecular weight is 170 g/mol. The third-order valence-electron chi connectivity index (χ3n) is 1.22. The van der Waals surface area contributed by atoms with Crippen LogP contribution in [0.5, 0.6) is 0 Å². The molecule has 3 N–H and O–H groups in total. The van der Waals surface area contributed by atoms with Gasteiger partial charge in [0.15, 0.2) is 5.13 Å². The van der Waals surface area contributed by atoms with Gasteiger partial charge in [0.1, 0.15) is 6.10 Å². The lowest BCUT2D eigenvalue weighted by Gasteiger charge is -1.97. The molecule has 4 heteroatoms. The molecule has 3 nitrogen and oxygen atoms in total. The van der Waals surface area contributed by atoms with Crippen molar-refractivity contribution in [2.75, 3.05) is 5.73 Å². The second-order valence-electron chi connectivity index (χ2n) is 2.08. The first-order valence-corrected chi connectivity index (χ1v) is 4.13. The van der Waals surface area contributed by atoms with E-state index in [1.165, 1.54) is 11.3 Å². The Morgan fingerprint density at radius 2 is 2.55 bits per heavy atom. The van der Waals surface area contributed by atoms with Gasteiger partial charge in [-0.3, -0.25) is 0 Å². The summed E-state index contributed by atoms with van der Waals surface area (Å²) in [5.74, 6) is 0. The number of rotatable bonds is 2. The number of nitrogen functional groups attached to an aromatic ring is 1. The number of allylic oxidation sites excluding steroid dienone is 1. The van der Waals surface area contributed by atoms with E-state index in [1.807, 2.05) is 6.92 Å². The van der Waals surface area contributed by atoms with Gasteiger partial charge in [-0.1, -0.05) is 12.2 Å². The van der Waals surface area contributed by atoms with E-state index in [4.69, 9.17) is 5.73 Å². The normalized spacial score (nSPS) is 14.0. The quantitative estimate of drug-likeness (QED) is 0.658. The number of nitrogens with zero attached hydrogens (tertiary/aromatic N) is 1. The molecule has 0 aliphatic rings. The SMILES string of the molecule is C/C=C/C(O)c1csc(N)n1. The first-order chi connectivity index (χ1) is 5.24. The zero-order chi connectivity index (χ0) is 8.27. The maximum atomic E-state index is 9.34. The Labute approximate surface area is 69.2 Å². The lowest BCUT2D eigenvalue weighted by atomic mass is 10.2. The van der Waals surface area contributed by atoms with E-state index in [9.17, 15) is 5.11 Å². The molecular formula is C7H10N2OS. The van der Waals surface area contributed by atoms with E-state index >= 15 is 0 Å².